The number of nitrogens with zero attached hydrogens (tertiary/aromatic N) is 2. The van der Waals surface area contributed by atoms with Crippen molar-refractivity contribution in [1.82, 2.24) is 10.1 Å². The molecule has 0 aromatic rings. The molecule has 2 atom stereocenters. The van der Waals surface area contributed by atoms with Crippen LogP contribution in [-0.2, 0) is 28.7 Å². The van der Waals surface area contributed by atoms with Crippen LogP contribution in [0.3, 0.4) is 0 Å². The topological polar surface area (TPSA) is 77.5 Å². The Morgan fingerprint density at radius 1 is 0.548 bits per heavy atom. The highest BCUT2D eigenvalue weighted by molar-refractivity contribution is 5.78. The van der Waals surface area contributed by atoms with E-state index in [9.17, 15) is 9.59 Å². The standard InChI is InChI=1S/C34H60N2O6/c1-31(2)23-21-27(33(5,6)35(31)41-25-15-11-9-12-16-25)39-29(37)19-20-30(38)40-28-22-24-32(3,4)36(34(28,7)8)42-26-17-13-10-14-18-26/h25-28H,9-24H2,1-8H3. The van der Waals surface area contributed by atoms with E-state index in [1.807, 2.05) is 0 Å². The second-order valence-electron chi connectivity index (χ2n) is 15.8. The van der Waals surface area contributed by atoms with Crippen LogP contribution in [0, 0.1) is 0 Å². The van der Waals surface area contributed by atoms with E-state index in [2.05, 4.69) is 65.5 Å². The van der Waals surface area contributed by atoms with E-state index in [1.54, 1.807) is 0 Å². The van der Waals surface area contributed by atoms with Crippen LogP contribution in [0.4, 0.5) is 0 Å². The minimum absolute atomic E-state index is 0.0131. The average molecular weight is 593 g/mol. The molecule has 0 amide bonds. The summed E-state index contributed by atoms with van der Waals surface area (Å²) in [7, 11) is 0. The number of carbonyl (C=O) groups is 2. The van der Waals surface area contributed by atoms with Crippen LogP contribution in [0.1, 0.15) is 158 Å². The molecule has 2 heterocycles. The highest BCUT2D eigenvalue weighted by atomic mass is 16.7. The van der Waals surface area contributed by atoms with Gasteiger partial charge in [0.15, 0.2) is 0 Å². The van der Waals surface area contributed by atoms with Crippen molar-refractivity contribution in [3.8, 4) is 0 Å². The summed E-state index contributed by atoms with van der Waals surface area (Å²) < 4.78 is 12.1. The van der Waals surface area contributed by atoms with E-state index in [0.29, 0.717) is 0 Å². The molecule has 42 heavy (non-hydrogen) atoms. The summed E-state index contributed by atoms with van der Waals surface area (Å²) in [6, 6.07) is 0. The Kier molecular flexibility index (Phi) is 10.8. The summed E-state index contributed by atoms with van der Waals surface area (Å²) in [5.74, 6) is -0.706. The van der Waals surface area contributed by atoms with E-state index in [1.165, 1.54) is 38.5 Å². The van der Waals surface area contributed by atoms with Gasteiger partial charge in [0, 0.05) is 11.1 Å². The van der Waals surface area contributed by atoms with Crippen molar-refractivity contribution in [2.45, 2.75) is 205 Å². The number of hydrogen-bond donors (Lipinski definition) is 0. The molecule has 8 heteroatoms. The Bertz CT molecular complexity index is 845. The molecule has 2 unspecified atom stereocenters. The number of rotatable bonds is 9. The van der Waals surface area contributed by atoms with Crippen LogP contribution < -0.4 is 0 Å². The fraction of sp³-hybridized carbons (Fsp3) is 0.941. The van der Waals surface area contributed by atoms with Gasteiger partial charge in [0.25, 0.3) is 0 Å². The highest BCUT2D eigenvalue weighted by Crippen LogP contribution is 2.43. The van der Waals surface area contributed by atoms with E-state index in [-0.39, 0.29) is 60.3 Å². The highest BCUT2D eigenvalue weighted by Gasteiger charge is 2.52. The maximum Gasteiger partial charge on any atom is 0.306 e. The first-order chi connectivity index (χ1) is 19.6. The third-order valence-electron chi connectivity index (χ3n) is 10.5. The smallest absolute Gasteiger partial charge is 0.306 e. The Hall–Kier alpha value is -1.22. The van der Waals surface area contributed by atoms with Crippen molar-refractivity contribution in [2.24, 2.45) is 0 Å². The van der Waals surface area contributed by atoms with Crippen LogP contribution in [0.5, 0.6) is 0 Å². The monoisotopic (exact) mass is 592 g/mol. The lowest BCUT2D eigenvalue weighted by atomic mass is 9.79. The minimum Gasteiger partial charge on any atom is -0.460 e. The number of hydrogen-bond acceptors (Lipinski definition) is 8. The number of hydroxylamine groups is 4. The fourth-order valence-electron chi connectivity index (χ4n) is 7.94. The van der Waals surface area contributed by atoms with Crippen LogP contribution >= 0.6 is 0 Å². The van der Waals surface area contributed by atoms with Crippen LogP contribution in [-0.4, -0.2) is 68.6 Å². The van der Waals surface area contributed by atoms with E-state index in [0.717, 1.165) is 51.4 Å². The van der Waals surface area contributed by atoms with E-state index in [4.69, 9.17) is 19.1 Å². The molecule has 0 N–H and O–H groups in total. The molecule has 0 bridgehead atoms. The van der Waals surface area contributed by atoms with Gasteiger partial charge in [-0.15, -0.1) is 0 Å². The quantitative estimate of drug-likeness (QED) is 0.256. The van der Waals surface area contributed by atoms with Crippen LogP contribution in [0.15, 0.2) is 0 Å². The van der Waals surface area contributed by atoms with Gasteiger partial charge in [-0.2, -0.15) is 10.1 Å². The first kappa shape index (κ1) is 33.7. The summed E-state index contributed by atoms with van der Waals surface area (Å²) in [5.41, 5.74) is -1.25. The second kappa shape index (κ2) is 13.4. The molecule has 0 radical (unpaired) electrons. The Balaban J connectivity index is 1.30. The lowest BCUT2D eigenvalue weighted by Gasteiger charge is -2.55. The van der Waals surface area contributed by atoms with Crippen molar-refractivity contribution in [2.75, 3.05) is 0 Å². The number of piperidine rings is 2. The molecule has 8 nitrogen and oxygen atoms in total. The third-order valence-corrected chi connectivity index (χ3v) is 10.5. The molecule has 2 aliphatic heterocycles. The Labute approximate surface area is 255 Å². The van der Waals surface area contributed by atoms with Gasteiger partial charge in [0.2, 0.25) is 0 Å². The zero-order chi connectivity index (χ0) is 30.8. The molecule has 0 aromatic carbocycles. The number of carbonyl (C=O) groups excluding carboxylic acids is 2. The summed E-state index contributed by atoms with van der Waals surface area (Å²) in [6.45, 7) is 17.3. The lowest BCUT2D eigenvalue weighted by molar-refractivity contribution is -0.327. The van der Waals surface area contributed by atoms with Gasteiger partial charge < -0.3 is 9.47 Å². The minimum atomic E-state index is -0.476. The number of ether oxygens (including phenoxy) is 2. The van der Waals surface area contributed by atoms with Crippen LogP contribution in [0.2, 0.25) is 0 Å². The molecular formula is C34H60N2O6. The van der Waals surface area contributed by atoms with Crippen molar-refractivity contribution in [3.63, 3.8) is 0 Å². The molecule has 2 saturated heterocycles. The second-order valence-corrected chi connectivity index (χ2v) is 15.8. The summed E-state index contributed by atoms with van der Waals surface area (Å²) in [6.07, 6.45) is 14.8. The predicted octanol–water partition coefficient (Wildman–Crippen LogP) is 7.42. The zero-order valence-corrected chi connectivity index (χ0v) is 28.0. The molecule has 4 rings (SSSR count). The zero-order valence-electron chi connectivity index (χ0n) is 28.0. The van der Waals surface area contributed by atoms with Gasteiger partial charge >= 0.3 is 11.9 Å². The maximum absolute atomic E-state index is 13.0. The molecule has 0 aromatic heterocycles. The van der Waals surface area contributed by atoms with Gasteiger partial charge in [-0.25, -0.2) is 0 Å². The van der Waals surface area contributed by atoms with Crippen LogP contribution in [0.25, 0.3) is 0 Å². The van der Waals surface area contributed by atoms with Crippen molar-refractivity contribution in [1.29, 1.82) is 0 Å². The molecular weight excluding hydrogens is 532 g/mol. The largest absolute Gasteiger partial charge is 0.460 e. The van der Waals surface area contributed by atoms with Crippen molar-refractivity contribution < 1.29 is 28.7 Å². The molecule has 2 aliphatic carbocycles. The molecule has 2 saturated carbocycles. The van der Waals surface area contributed by atoms with Gasteiger partial charge in [-0.3, -0.25) is 19.3 Å². The first-order valence-corrected chi connectivity index (χ1v) is 17.0. The summed E-state index contributed by atoms with van der Waals surface area (Å²) in [5, 5.41) is 4.22. The lowest BCUT2D eigenvalue weighted by Crippen LogP contribution is -2.65. The van der Waals surface area contributed by atoms with Gasteiger partial charge in [0.1, 0.15) is 12.2 Å². The Morgan fingerprint density at radius 3 is 1.21 bits per heavy atom. The molecule has 4 fully saturated rings. The molecule has 4 aliphatic rings. The molecule has 0 spiro atoms. The van der Waals surface area contributed by atoms with Gasteiger partial charge in [-0.1, -0.05) is 38.5 Å². The van der Waals surface area contributed by atoms with E-state index >= 15 is 0 Å². The SMILES string of the molecule is CC1(C)CCC(OC(=O)CCC(=O)OC2CCC(C)(C)N(OC3CCCCC3)C2(C)C)C(C)(C)N1OC1CCCCC1. The van der Waals surface area contributed by atoms with Crippen molar-refractivity contribution in [3.05, 3.63) is 0 Å². The van der Waals surface area contributed by atoms with Gasteiger partial charge in [0.05, 0.1) is 36.1 Å². The summed E-state index contributed by atoms with van der Waals surface area (Å²) in [4.78, 5) is 39.2. The van der Waals surface area contributed by atoms with Gasteiger partial charge in [-0.05, 0) is 107 Å². The Morgan fingerprint density at radius 2 is 0.881 bits per heavy atom. The number of esters is 2. The third kappa shape index (κ3) is 7.89. The summed E-state index contributed by atoms with van der Waals surface area (Å²) >= 11 is 0. The first-order valence-electron chi connectivity index (χ1n) is 17.0. The maximum atomic E-state index is 13.0. The fourth-order valence-corrected chi connectivity index (χ4v) is 7.94. The average Bonchev–Trinajstić information content (AvgIpc) is 2.93. The normalized spacial score (nSPS) is 30.5. The predicted molar refractivity (Wildman–Crippen MR) is 163 cm³/mol. The molecule has 242 valence electrons. The van der Waals surface area contributed by atoms with E-state index < -0.39 is 11.1 Å². The van der Waals surface area contributed by atoms with Crippen molar-refractivity contribution >= 4 is 11.9 Å².